The monoisotopic (exact) mass is 433 g/mol. The molecule has 156 valence electrons. The number of ether oxygens (including phenoxy) is 1. The summed E-state index contributed by atoms with van der Waals surface area (Å²) in [5.74, 6) is 0.679. The van der Waals surface area contributed by atoms with E-state index in [9.17, 15) is 8.42 Å². The molecule has 3 aromatic rings. The molecule has 0 saturated heterocycles. The van der Waals surface area contributed by atoms with Crippen molar-refractivity contribution in [1.29, 1.82) is 0 Å². The number of benzene rings is 1. The lowest BCUT2D eigenvalue weighted by Gasteiger charge is -2.23. The molecule has 0 amide bonds. The summed E-state index contributed by atoms with van der Waals surface area (Å²) >= 11 is 1.53. The number of hydrogen-bond donors (Lipinski definition) is 1. The van der Waals surface area contributed by atoms with Crippen molar-refractivity contribution in [3.05, 3.63) is 35.2 Å². The number of aromatic nitrogens is 2. The number of nitrogens with one attached hydrogen (secondary N) is 1. The second kappa shape index (κ2) is 7.91. The summed E-state index contributed by atoms with van der Waals surface area (Å²) in [4.78, 5) is 9.40. The van der Waals surface area contributed by atoms with Gasteiger partial charge in [-0.1, -0.05) is 6.07 Å². The number of anilines is 1. The third kappa shape index (κ3) is 5.90. The minimum absolute atomic E-state index is 0.0243. The first-order valence-electron chi connectivity index (χ1n) is 9.42. The Bertz CT molecular complexity index is 1130. The summed E-state index contributed by atoms with van der Waals surface area (Å²) in [6, 6.07) is 7.69. The standard InChI is InChI=1S/C21H27N3O3S2/c1-13(2)22-20-24-18(11-28-20)17-10-19(27-21(3,4)5)15-8-7-14(9-16(15)23-17)12-29(6,25)26/h7-11,13H,12H2,1-6H3,(H,22,24). The fourth-order valence-electron chi connectivity index (χ4n) is 2.88. The quantitative estimate of drug-likeness (QED) is 0.595. The van der Waals surface area contributed by atoms with Gasteiger partial charge in [-0.2, -0.15) is 0 Å². The highest BCUT2D eigenvalue weighted by atomic mass is 32.2. The zero-order valence-electron chi connectivity index (χ0n) is 17.6. The van der Waals surface area contributed by atoms with Crippen LogP contribution in [0.25, 0.3) is 22.3 Å². The molecule has 29 heavy (non-hydrogen) atoms. The van der Waals surface area contributed by atoms with Crippen LogP contribution in [-0.4, -0.2) is 36.3 Å². The molecule has 0 aliphatic carbocycles. The Kier molecular flexibility index (Phi) is 5.87. The first-order chi connectivity index (χ1) is 13.4. The molecule has 2 aromatic heterocycles. The number of sulfone groups is 1. The first kappa shape index (κ1) is 21.5. The zero-order chi connectivity index (χ0) is 21.4. The molecule has 0 aliphatic heterocycles. The Morgan fingerprint density at radius 2 is 1.86 bits per heavy atom. The molecule has 0 saturated carbocycles. The highest BCUT2D eigenvalue weighted by Crippen LogP contribution is 2.34. The summed E-state index contributed by atoms with van der Waals surface area (Å²) in [7, 11) is -3.13. The summed E-state index contributed by atoms with van der Waals surface area (Å²) in [5.41, 5.74) is 2.46. The van der Waals surface area contributed by atoms with Crippen molar-refractivity contribution in [2.24, 2.45) is 0 Å². The third-order valence-corrected chi connectivity index (χ3v) is 5.49. The molecule has 2 heterocycles. The summed E-state index contributed by atoms with van der Waals surface area (Å²) in [6.07, 6.45) is 1.23. The second-order valence-electron chi connectivity index (χ2n) is 8.48. The zero-order valence-corrected chi connectivity index (χ0v) is 19.2. The number of rotatable bonds is 6. The maximum atomic E-state index is 11.7. The topological polar surface area (TPSA) is 81.2 Å². The van der Waals surface area contributed by atoms with E-state index >= 15 is 0 Å². The predicted octanol–water partition coefficient (Wildman–Crippen LogP) is 4.90. The molecule has 0 fully saturated rings. The fourth-order valence-corrected chi connectivity index (χ4v) is 4.52. The van der Waals surface area contributed by atoms with Crippen LogP contribution >= 0.6 is 11.3 Å². The number of nitrogens with zero attached hydrogens (tertiary/aromatic N) is 2. The van der Waals surface area contributed by atoms with E-state index in [2.05, 4.69) is 24.1 Å². The van der Waals surface area contributed by atoms with Gasteiger partial charge in [-0.3, -0.25) is 0 Å². The highest BCUT2D eigenvalue weighted by molar-refractivity contribution is 7.89. The molecular weight excluding hydrogens is 406 g/mol. The average Bonchev–Trinajstić information content (AvgIpc) is 2.99. The van der Waals surface area contributed by atoms with Gasteiger partial charge in [0.25, 0.3) is 0 Å². The third-order valence-electron chi connectivity index (χ3n) is 3.86. The van der Waals surface area contributed by atoms with Crippen molar-refractivity contribution in [2.45, 2.75) is 52.0 Å². The molecule has 0 bridgehead atoms. The van der Waals surface area contributed by atoms with Crippen molar-refractivity contribution in [3.63, 3.8) is 0 Å². The highest BCUT2D eigenvalue weighted by Gasteiger charge is 2.18. The van der Waals surface area contributed by atoms with Gasteiger partial charge < -0.3 is 10.1 Å². The van der Waals surface area contributed by atoms with E-state index in [4.69, 9.17) is 9.72 Å². The normalized spacial score (nSPS) is 12.5. The molecule has 0 radical (unpaired) electrons. The van der Waals surface area contributed by atoms with Crippen molar-refractivity contribution >= 4 is 37.2 Å². The van der Waals surface area contributed by atoms with Crippen LogP contribution in [0.1, 0.15) is 40.2 Å². The molecule has 1 aromatic carbocycles. The van der Waals surface area contributed by atoms with Gasteiger partial charge in [0.15, 0.2) is 15.0 Å². The Morgan fingerprint density at radius 3 is 2.48 bits per heavy atom. The van der Waals surface area contributed by atoms with Crippen LogP contribution in [0.4, 0.5) is 5.13 Å². The van der Waals surface area contributed by atoms with E-state index in [1.54, 1.807) is 0 Å². The van der Waals surface area contributed by atoms with E-state index in [1.807, 2.05) is 50.4 Å². The van der Waals surface area contributed by atoms with Crippen LogP contribution in [0, 0.1) is 0 Å². The molecule has 0 spiro atoms. The molecular formula is C21H27N3O3S2. The van der Waals surface area contributed by atoms with Crippen LogP contribution in [0.3, 0.4) is 0 Å². The molecule has 3 rings (SSSR count). The van der Waals surface area contributed by atoms with Gasteiger partial charge in [0.2, 0.25) is 0 Å². The van der Waals surface area contributed by atoms with E-state index in [1.165, 1.54) is 17.6 Å². The molecule has 8 heteroatoms. The molecule has 0 aliphatic rings. The second-order valence-corrected chi connectivity index (χ2v) is 11.5. The summed E-state index contributed by atoms with van der Waals surface area (Å²) < 4.78 is 29.6. The van der Waals surface area contributed by atoms with Crippen molar-refractivity contribution in [1.82, 2.24) is 9.97 Å². The molecule has 0 unspecified atom stereocenters. The Morgan fingerprint density at radius 1 is 1.14 bits per heavy atom. The average molecular weight is 434 g/mol. The van der Waals surface area contributed by atoms with Gasteiger partial charge in [-0.15, -0.1) is 11.3 Å². The maximum Gasteiger partial charge on any atom is 0.183 e. The summed E-state index contributed by atoms with van der Waals surface area (Å²) in [5, 5.41) is 6.94. The number of fused-ring (bicyclic) bond motifs is 1. The van der Waals surface area contributed by atoms with Gasteiger partial charge in [0, 0.05) is 29.1 Å². The van der Waals surface area contributed by atoms with Crippen LogP contribution in [0.5, 0.6) is 5.75 Å². The minimum atomic E-state index is -3.13. The predicted molar refractivity (Wildman–Crippen MR) is 121 cm³/mol. The van der Waals surface area contributed by atoms with Gasteiger partial charge in [0.05, 0.1) is 17.0 Å². The largest absolute Gasteiger partial charge is 0.487 e. The van der Waals surface area contributed by atoms with E-state index in [0.717, 1.165) is 16.2 Å². The van der Waals surface area contributed by atoms with Crippen LogP contribution in [0.2, 0.25) is 0 Å². The van der Waals surface area contributed by atoms with E-state index in [0.29, 0.717) is 22.5 Å². The lowest BCUT2D eigenvalue weighted by Crippen LogP contribution is -2.23. The smallest absolute Gasteiger partial charge is 0.183 e. The number of thiazole rings is 1. The van der Waals surface area contributed by atoms with Crippen LogP contribution in [0.15, 0.2) is 29.6 Å². The summed E-state index contributed by atoms with van der Waals surface area (Å²) in [6.45, 7) is 10.1. The number of hydrogen-bond acceptors (Lipinski definition) is 7. The van der Waals surface area contributed by atoms with E-state index < -0.39 is 9.84 Å². The van der Waals surface area contributed by atoms with Gasteiger partial charge in [-0.05, 0) is 52.3 Å². The van der Waals surface area contributed by atoms with Gasteiger partial charge in [-0.25, -0.2) is 18.4 Å². The van der Waals surface area contributed by atoms with Gasteiger partial charge >= 0.3 is 0 Å². The Balaban J connectivity index is 2.12. The van der Waals surface area contributed by atoms with E-state index in [-0.39, 0.29) is 17.4 Å². The van der Waals surface area contributed by atoms with Crippen LogP contribution < -0.4 is 10.1 Å². The molecule has 1 N–H and O–H groups in total. The lowest BCUT2D eigenvalue weighted by molar-refractivity contribution is 0.133. The minimum Gasteiger partial charge on any atom is -0.487 e. The maximum absolute atomic E-state index is 11.7. The SMILES string of the molecule is CC(C)Nc1nc(-c2cc(OC(C)(C)C)c3ccc(CS(C)(=O)=O)cc3n2)cs1. The number of pyridine rings is 1. The Hall–Kier alpha value is -2.19. The lowest BCUT2D eigenvalue weighted by atomic mass is 10.1. The first-order valence-corrected chi connectivity index (χ1v) is 12.4. The van der Waals surface area contributed by atoms with Crippen molar-refractivity contribution in [3.8, 4) is 17.1 Å². The van der Waals surface area contributed by atoms with Crippen LogP contribution in [-0.2, 0) is 15.6 Å². The fraction of sp³-hybridized carbons (Fsp3) is 0.429. The van der Waals surface area contributed by atoms with Crippen molar-refractivity contribution < 1.29 is 13.2 Å². The van der Waals surface area contributed by atoms with Crippen molar-refractivity contribution in [2.75, 3.05) is 11.6 Å². The Labute approximate surface area is 176 Å². The molecule has 0 atom stereocenters. The van der Waals surface area contributed by atoms with Gasteiger partial charge in [0.1, 0.15) is 17.0 Å². The molecule has 6 nitrogen and oxygen atoms in total.